The van der Waals surface area contributed by atoms with Gasteiger partial charge in [-0.1, -0.05) is 23.2 Å². The monoisotopic (exact) mass is 551 g/mol. The molecule has 0 radical (unpaired) electrons. The van der Waals surface area contributed by atoms with Crippen LogP contribution in [0.4, 0.5) is 11.5 Å². The van der Waals surface area contributed by atoms with Crippen molar-refractivity contribution in [2.45, 2.75) is 27.7 Å². The second-order valence-electron chi connectivity index (χ2n) is 7.39. The third kappa shape index (κ3) is 9.30. The van der Waals surface area contributed by atoms with Crippen LogP contribution >= 0.6 is 35.6 Å². The molecule has 3 aromatic rings. The van der Waals surface area contributed by atoms with Crippen LogP contribution in [0.2, 0.25) is 10.2 Å². The van der Waals surface area contributed by atoms with Gasteiger partial charge in [0.15, 0.2) is 0 Å². The van der Waals surface area contributed by atoms with Crippen molar-refractivity contribution < 1.29 is 9.59 Å². The van der Waals surface area contributed by atoms with E-state index in [1.54, 1.807) is 40.3 Å². The number of nitrogens with zero attached hydrogens (tertiary/aromatic N) is 4. The van der Waals surface area contributed by atoms with Gasteiger partial charge < -0.3 is 15.1 Å². The van der Waals surface area contributed by atoms with E-state index >= 15 is 0 Å². The van der Waals surface area contributed by atoms with Crippen molar-refractivity contribution in [1.29, 1.82) is 0 Å². The lowest BCUT2D eigenvalue weighted by molar-refractivity contribution is 0.0764. The zero-order chi connectivity index (χ0) is 25.8. The Morgan fingerprint density at radius 1 is 0.722 bits per heavy atom. The van der Waals surface area contributed by atoms with Crippen LogP contribution in [0.3, 0.4) is 0 Å². The molecule has 0 aliphatic heterocycles. The number of halogens is 3. The van der Waals surface area contributed by atoms with Gasteiger partial charge in [-0.25, -0.2) is 9.97 Å². The topological polar surface area (TPSA) is 78.4 Å². The summed E-state index contributed by atoms with van der Waals surface area (Å²) < 4.78 is 0. The summed E-state index contributed by atoms with van der Waals surface area (Å²) in [5, 5.41) is 4.25. The number of pyridine rings is 2. The van der Waals surface area contributed by atoms with E-state index in [1.807, 2.05) is 52.0 Å². The molecule has 0 saturated carbocycles. The number of aromatic nitrogens is 2. The second-order valence-corrected chi connectivity index (χ2v) is 8.21. The Kier molecular flexibility index (Phi) is 13.8. The van der Waals surface area contributed by atoms with Crippen LogP contribution in [0.15, 0.2) is 60.9 Å². The summed E-state index contributed by atoms with van der Waals surface area (Å²) in [5.41, 5.74) is 2.08. The van der Waals surface area contributed by atoms with Crippen LogP contribution in [0.1, 0.15) is 48.4 Å². The van der Waals surface area contributed by atoms with E-state index in [0.29, 0.717) is 53.3 Å². The lowest BCUT2D eigenvalue weighted by Crippen LogP contribution is -2.30. The van der Waals surface area contributed by atoms with Gasteiger partial charge in [-0.2, -0.15) is 0 Å². The molecule has 0 fully saturated rings. The van der Waals surface area contributed by atoms with Gasteiger partial charge in [-0.05, 0) is 76.2 Å². The molecule has 0 saturated heterocycles. The molecule has 194 valence electrons. The van der Waals surface area contributed by atoms with Crippen LogP contribution in [-0.2, 0) is 0 Å². The summed E-state index contributed by atoms with van der Waals surface area (Å²) in [7, 11) is 0. The minimum atomic E-state index is -0.000772. The van der Waals surface area contributed by atoms with Gasteiger partial charge in [-0.15, -0.1) is 12.4 Å². The fraction of sp³-hybridized carbons (Fsp3) is 0.308. The van der Waals surface area contributed by atoms with E-state index in [-0.39, 0.29) is 24.2 Å². The van der Waals surface area contributed by atoms with Crippen molar-refractivity contribution in [2.75, 3.05) is 31.5 Å². The summed E-state index contributed by atoms with van der Waals surface area (Å²) in [6, 6.07) is 14.3. The minimum absolute atomic E-state index is 0. The fourth-order valence-corrected chi connectivity index (χ4v) is 3.40. The van der Waals surface area contributed by atoms with Crippen LogP contribution in [0.5, 0.6) is 0 Å². The summed E-state index contributed by atoms with van der Waals surface area (Å²) >= 11 is 11.5. The highest BCUT2D eigenvalue weighted by molar-refractivity contribution is 6.30. The van der Waals surface area contributed by atoms with Crippen molar-refractivity contribution in [1.82, 2.24) is 19.8 Å². The van der Waals surface area contributed by atoms with E-state index in [0.717, 1.165) is 5.69 Å². The van der Waals surface area contributed by atoms with Gasteiger partial charge in [0.25, 0.3) is 11.8 Å². The van der Waals surface area contributed by atoms with Crippen molar-refractivity contribution in [2.24, 2.45) is 0 Å². The van der Waals surface area contributed by atoms with Gasteiger partial charge in [0.1, 0.15) is 11.0 Å². The second kappa shape index (κ2) is 16.0. The lowest BCUT2D eigenvalue weighted by atomic mass is 10.2. The zero-order valence-corrected chi connectivity index (χ0v) is 23.2. The average molecular weight is 553 g/mol. The highest BCUT2D eigenvalue weighted by Gasteiger charge is 2.13. The maximum absolute atomic E-state index is 12.2. The molecule has 1 N–H and O–H groups in total. The van der Waals surface area contributed by atoms with Gasteiger partial charge in [-0.3, -0.25) is 9.59 Å². The van der Waals surface area contributed by atoms with Crippen LogP contribution in [0, 0.1) is 0 Å². The molecule has 0 aliphatic carbocycles. The van der Waals surface area contributed by atoms with E-state index in [2.05, 4.69) is 15.3 Å². The Hall–Kier alpha value is -2.87. The molecule has 2 heterocycles. The number of rotatable bonds is 8. The zero-order valence-electron chi connectivity index (χ0n) is 20.9. The van der Waals surface area contributed by atoms with E-state index in [4.69, 9.17) is 23.2 Å². The van der Waals surface area contributed by atoms with Crippen molar-refractivity contribution in [3.05, 3.63) is 82.2 Å². The molecular weight excluding hydrogens is 521 g/mol. The van der Waals surface area contributed by atoms with E-state index in [9.17, 15) is 9.59 Å². The predicted molar refractivity (Wildman–Crippen MR) is 150 cm³/mol. The highest BCUT2D eigenvalue weighted by Crippen LogP contribution is 2.18. The molecule has 7 nitrogen and oxygen atoms in total. The van der Waals surface area contributed by atoms with Gasteiger partial charge in [0.05, 0.1) is 11.1 Å². The highest BCUT2D eigenvalue weighted by atomic mass is 35.5. The molecule has 0 spiro atoms. The fourth-order valence-electron chi connectivity index (χ4n) is 3.16. The van der Waals surface area contributed by atoms with Crippen LogP contribution in [0.25, 0.3) is 0 Å². The molecule has 10 heteroatoms. The van der Waals surface area contributed by atoms with Crippen LogP contribution in [-0.4, -0.2) is 57.8 Å². The normalized spacial score (nSPS) is 9.83. The smallest absolute Gasteiger partial charge is 0.255 e. The molecule has 36 heavy (non-hydrogen) atoms. The molecule has 0 aliphatic rings. The summed E-state index contributed by atoms with van der Waals surface area (Å²) in [4.78, 5) is 35.6. The first-order valence-electron chi connectivity index (χ1n) is 11.5. The Morgan fingerprint density at radius 3 is 1.58 bits per heavy atom. The first kappa shape index (κ1) is 31.2. The number of carbonyl (C=O) groups is 2. The Balaban J connectivity index is 0.000000379. The molecule has 2 amide bonds. The largest absolute Gasteiger partial charge is 0.340 e. The standard InChI is InChI=1S/C16H18ClN3O.C10H13ClN2O.ClH/c1-3-20(4-2)16(21)12-5-10-15(18-11-12)19-14-8-6-13(17)7-9-14;1-3-13(4-2)10(14)8-5-6-9(11)12-7-8;/h5-11H,3-4H2,1-2H3,(H,18,19);5-7H,3-4H2,1-2H3;1H. The van der Waals surface area contributed by atoms with Gasteiger partial charge >= 0.3 is 0 Å². The van der Waals surface area contributed by atoms with Crippen LogP contribution < -0.4 is 5.32 Å². The van der Waals surface area contributed by atoms with Gasteiger partial charge in [0.2, 0.25) is 0 Å². The third-order valence-corrected chi connectivity index (χ3v) is 5.68. The molecule has 1 aromatic carbocycles. The van der Waals surface area contributed by atoms with E-state index in [1.165, 1.54) is 6.20 Å². The number of carbonyl (C=O) groups excluding carboxylic acids is 2. The number of amides is 2. The number of benzene rings is 1. The quantitative estimate of drug-likeness (QED) is 0.319. The number of hydrogen-bond donors (Lipinski definition) is 1. The Labute approximate surface area is 229 Å². The number of anilines is 2. The van der Waals surface area contributed by atoms with Crippen molar-refractivity contribution >= 4 is 58.9 Å². The number of nitrogens with one attached hydrogen (secondary N) is 1. The molecule has 3 rings (SSSR count). The Bertz CT molecular complexity index is 1070. The van der Waals surface area contributed by atoms with E-state index < -0.39 is 0 Å². The van der Waals surface area contributed by atoms with Gasteiger partial charge in [0, 0.05) is 49.3 Å². The molecule has 2 aromatic heterocycles. The summed E-state index contributed by atoms with van der Waals surface area (Å²) in [6.07, 6.45) is 3.10. The predicted octanol–water partition coefficient (Wildman–Crippen LogP) is 6.60. The lowest BCUT2D eigenvalue weighted by Gasteiger charge is -2.18. The summed E-state index contributed by atoms with van der Waals surface area (Å²) in [5.74, 6) is 0.693. The Morgan fingerprint density at radius 2 is 1.19 bits per heavy atom. The molecule has 0 bridgehead atoms. The molecule has 0 unspecified atom stereocenters. The maximum atomic E-state index is 12.2. The first-order chi connectivity index (χ1) is 16.8. The van der Waals surface area contributed by atoms with Crippen molar-refractivity contribution in [3.8, 4) is 0 Å². The SMILES string of the molecule is CCN(CC)C(=O)c1ccc(Cl)nc1.CCN(CC)C(=O)c1ccc(Nc2ccc(Cl)cc2)nc1.Cl. The first-order valence-corrected chi connectivity index (χ1v) is 12.3. The molecular formula is C26H32Cl3N5O2. The molecule has 0 atom stereocenters. The maximum Gasteiger partial charge on any atom is 0.255 e. The minimum Gasteiger partial charge on any atom is -0.340 e. The average Bonchev–Trinajstić information content (AvgIpc) is 2.88. The number of hydrogen-bond acceptors (Lipinski definition) is 5. The summed E-state index contributed by atoms with van der Waals surface area (Å²) in [6.45, 7) is 10.6. The third-order valence-electron chi connectivity index (χ3n) is 5.20. The van der Waals surface area contributed by atoms with Crippen molar-refractivity contribution in [3.63, 3.8) is 0 Å².